The Morgan fingerprint density at radius 2 is 1.71 bits per heavy atom. The molecular formula is C11H20N3+. The fourth-order valence-electron chi connectivity index (χ4n) is 4.78. The Labute approximate surface area is 85.2 Å². The Balaban J connectivity index is 1.73. The molecule has 4 aliphatic rings. The van der Waals surface area contributed by atoms with Gasteiger partial charge >= 0.3 is 0 Å². The van der Waals surface area contributed by atoms with E-state index in [2.05, 4.69) is 11.0 Å². The maximum Gasteiger partial charge on any atom is 0.126 e. The Kier molecular flexibility index (Phi) is 1.57. The van der Waals surface area contributed by atoms with Gasteiger partial charge in [0.1, 0.15) is 6.04 Å². The molecule has 4 fully saturated rings. The highest BCUT2D eigenvalue weighted by Crippen LogP contribution is 2.47. The van der Waals surface area contributed by atoms with Crippen LogP contribution >= 0.6 is 0 Å². The van der Waals surface area contributed by atoms with E-state index in [0.29, 0.717) is 0 Å². The van der Waals surface area contributed by atoms with Crippen molar-refractivity contribution in [2.45, 2.75) is 44.2 Å². The molecule has 0 bridgehead atoms. The van der Waals surface area contributed by atoms with Crippen LogP contribution in [0, 0.1) is 17.8 Å². The first kappa shape index (κ1) is 8.08. The highest BCUT2D eigenvalue weighted by molar-refractivity contribution is 5.00. The Morgan fingerprint density at radius 1 is 0.929 bits per heavy atom. The molecule has 0 aromatic rings. The van der Waals surface area contributed by atoms with Crippen LogP contribution in [0.25, 0.3) is 0 Å². The van der Waals surface area contributed by atoms with E-state index in [0.717, 1.165) is 29.8 Å². The predicted molar refractivity (Wildman–Crippen MR) is 53.2 cm³/mol. The van der Waals surface area contributed by atoms with Gasteiger partial charge in [-0.25, -0.2) is 10.4 Å². The summed E-state index contributed by atoms with van der Waals surface area (Å²) >= 11 is 0. The van der Waals surface area contributed by atoms with E-state index in [1.54, 1.807) is 5.01 Å². The first-order valence-corrected chi connectivity index (χ1v) is 6.31. The molecule has 2 aliphatic carbocycles. The molecule has 2 heterocycles. The first-order valence-electron chi connectivity index (χ1n) is 6.31. The molecule has 3 heteroatoms. The molecule has 2 saturated carbocycles. The number of quaternary nitrogens is 1. The van der Waals surface area contributed by atoms with Gasteiger partial charge < -0.3 is 0 Å². The zero-order valence-corrected chi connectivity index (χ0v) is 8.63. The third kappa shape index (κ3) is 0.884. The van der Waals surface area contributed by atoms with Crippen molar-refractivity contribution in [1.29, 1.82) is 0 Å². The molecule has 0 radical (unpaired) electrons. The van der Waals surface area contributed by atoms with E-state index in [9.17, 15) is 0 Å². The molecule has 3 N–H and O–H groups in total. The quantitative estimate of drug-likeness (QED) is 0.484. The molecule has 6 atom stereocenters. The second-order valence-corrected chi connectivity index (χ2v) is 5.72. The molecule has 6 unspecified atom stereocenters. The van der Waals surface area contributed by atoms with Crippen LogP contribution in [0.15, 0.2) is 0 Å². The van der Waals surface area contributed by atoms with Gasteiger partial charge in [-0.3, -0.25) is 0 Å². The van der Waals surface area contributed by atoms with E-state index < -0.39 is 0 Å². The number of piperidine rings is 1. The van der Waals surface area contributed by atoms with Gasteiger partial charge in [0.2, 0.25) is 0 Å². The molecule has 2 saturated heterocycles. The summed E-state index contributed by atoms with van der Waals surface area (Å²) in [5.41, 5.74) is 6.98. The SMILES string of the molecule is C1CC2CC[NH+]3NNC4CCC1C2C43. The van der Waals surface area contributed by atoms with Gasteiger partial charge in [-0.2, -0.15) is 0 Å². The highest BCUT2D eigenvalue weighted by atomic mass is 15.7. The fourth-order valence-corrected chi connectivity index (χ4v) is 4.78. The number of hydrogen-bond donors (Lipinski definition) is 3. The number of rotatable bonds is 0. The molecule has 4 rings (SSSR count). The summed E-state index contributed by atoms with van der Waals surface area (Å²) < 4.78 is 0. The number of nitrogens with one attached hydrogen (secondary N) is 3. The van der Waals surface area contributed by atoms with Gasteiger partial charge in [-0.05, 0) is 37.5 Å². The molecular weight excluding hydrogens is 174 g/mol. The Morgan fingerprint density at radius 3 is 2.64 bits per heavy atom. The summed E-state index contributed by atoms with van der Waals surface area (Å²) in [4.78, 5) is 0. The third-order valence-corrected chi connectivity index (χ3v) is 5.30. The number of hydrazine groups is 1. The molecule has 0 aromatic carbocycles. The fraction of sp³-hybridized carbons (Fsp3) is 1.00. The normalized spacial score (nSPS) is 60.0. The third-order valence-electron chi connectivity index (χ3n) is 5.30. The summed E-state index contributed by atoms with van der Waals surface area (Å²) in [6, 6.07) is 1.70. The van der Waals surface area contributed by atoms with E-state index in [1.165, 1.54) is 38.6 Å². The second kappa shape index (κ2) is 2.71. The van der Waals surface area contributed by atoms with Crippen LogP contribution < -0.4 is 16.0 Å². The summed E-state index contributed by atoms with van der Waals surface area (Å²) in [7, 11) is 0. The molecule has 0 amide bonds. The van der Waals surface area contributed by atoms with Crippen molar-refractivity contribution < 1.29 is 5.01 Å². The largest absolute Gasteiger partial charge is 0.239 e. The zero-order chi connectivity index (χ0) is 9.12. The summed E-state index contributed by atoms with van der Waals surface area (Å²) in [5, 5.41) is 1.66. The van der Waals surface area contributed by atoms with Gasteiger partial charge in [0.15, 0.2) is 0 Å². The van der Waals surface area contributed by atoms with E-state index in [4.69, 9.17) is 0 Å². The van der Waals surface area contributed by atoms with E-state index in [1.807, 2.05) is 0 Å². The topological polar surface area (TPSA) is 28.5 Å². The van der Waals surface area contributed by atoms with Crippen LogP contribution in [0.5, 0.6) is 0 Å². The van der Waals surface area contributed by atoms with Gasteiger partial charge in [-0.1, -0.05) is 0 Å². The Hall–Kier alpha value is -0.120. The molecule has 0 aromatic heterocycles. The lowest BCUT2D eigenvalue weighted by Crippen LogP contribution is -3.22. The van der Waals surface area contributed by atoms with Gasteiger partial charge in [0, 0.05) is 12.3 Å². The predicted octanol–water partition coefficient (Wildman–Crippen LogP) is -0.529. The van der Waals surface area contributed by atoms with Crippen molar-refractivity contribution in [2.75, 3.05) is 6.54 Å². The molecule has 3 nitrogen and oxygen atoms in total. The van der Waals surface area contributed by atoms with Crippen LogP contribution in [0.4, 0.5) is 0 Å². The van der Waals surface area contributed by atoms with Gasteiger partial charge in [-0.15, -0.1) is 5.53 Å². The lowest BCUT2D eigenvalue weighted by atomic mass is 9.70. The van der Waals surface area contributed by atoms with Crippen molar-refractivity contribution in [3.8, 4) is 0 Å². The van der Waals surface area contributed by atoms with Crippen molar-refractivity contribution in [2.24, 2.45) is 17.8 Å². The zero-order valence-electron chi connectivity index (χ0n) is 8.63. The van der Waals surface area contributed by atoms with Crippen molar-refractivity contribution in [3.05, 3.63) is 0 Å². The lowest BCUT2D eigenvalue weighted by Gasteiger charge is -2.41. The van der Waals surface area contributed by atoms with Crippen molar-refractivity contribution >= 4 is 0 Å². The summed E-state index contributed by atoms with van der Waals surface area (Å²) in [6.45, 7) is 1.35. The minimum Gasteiger partial charge on any atom is -0.239 e. The lowest BCUT2D eigenvalue weighted by molar-refractivity contribution is -0.968. The second-order valence-electron chi connectivity index (χ2n) is 5.72. The van der Waals surface area contributed by atoms with Gasteiger partial charge in [0.25, 0.3) is 0 Å². The van der Waals surface area contributed by atoms with Gasteiger partial charge in [0.05, 0.1) is 12.6 Å². The summed E-state index contributed by atoms with van der Waals surface area (Å²) in [5.74, 6) is 3.22. The minimum absolute atomic E-state index is 0.784. The maximum atomic E-state index is 3.51. The van der Waals surface area contributed by atoms with Crippen LogP contribution in [0.2, 0.25) is 0 Å². The van der Waals surface area contributed by atoms with E-state index in [-0.39, 0.29) is 0 Å². The highest BCUT2D eigenvalue weighted by Gasteiger charge is 2.56. The summed E-state index contributed by atoms with van der Waals surface area (Å²) in [6.07, 6.45) is 7.44. The van der Waals surface area contributed by atoms with Crippen LogP contribution in [0.3, 0.4) is 0 Å². The Bertz CT molecular complexity index is 205. The van der Waals surface area contributed by atoms with Crippen LogP contribution in [-0.2, 0) is 0 Å². The molecule has 78 valence electrons. The van der Waals surface area contributed by atoms with Crippen LogP contribution in [-0.4, -0.2) is 18.6 Å². The van der Waals surface area contributed by atoms with E-state index >= 15 is 0 Å². The van der Waals surface area contributed by atoms with Crippen molar-refractivity contribution in [3.63, 3.8) is 0 Å². The monoisotopic (exact) mass is 194 g/mol. The van der Waals surface area contributed by atoms with Crippen LogP contribution in [0.1, 0.15) is 32.1 Å². The van der Waals surface area contributed by atoms with Crippen molar-refractivity contribution in [1.82, 2.24) is 11.0 Å². The molecule has 2 aliphatic heterocycles. The molecule has 0 spiro atoms. The maximum absolute atomic E-state index is 3.51. The number of hydrogen-bond acceptors (Lipinski definition) is 2. The standard InChI is InChI=1S/C11H19N3/c1-2-8-5-6-14-11-9(12-13-14)4-3-7(1)10(8)11/h7-13H,1-6H2/p+1. The average molecular weight is 194 g/mol. The molecule has 14 heavy (non-hydrogen) atoms. The minimum atomic E-state index is 0.784. The first-order chi connectivity index (χ1) is 6.93. The smallest absolute Gasteiger partial charge is 0.126 e. The average Bonchev–Trinajstić information content (AvgIpc) is 2.77.